The van der Waals surface area contributed by atoms with E-state index >= 15 is 0 Å². The van der Waals surface area contributed by atoms with Crippen molar-refractivity contribution in [2.24, 2.45) is 5.92 Å². The molecule has 0 spiro atoms. The second-order valence-corrected chi connectivity index (χ2v) is 11.1. The van der Waals surface area contributed by atoms with Crippen molar-refractivity contribution in [1.29, 1.82) is 0 Å². The number of ether oxygens (including phenoxy) is 1. The first-order valence-electron chi connectivity index (χ1n) is 11.9. The number of esters is 1. The molecule has 0 aromatic carbocycles. The quantitative estimate of drug-likeness (QED) is 0.324. The van der Waals surface area contributed by atoms with E-state index in [1.165, 1.54) is 17.6 Å². The van der Waals surface area contributed by atoms with E-state index in [-0.39, 0.29) is 29.0 Å². The Morgan fingerprint density at radius 2 is 2.19 bits per heavy atom. The fraction of sp³-hybridized carbons (Fsp3) is 0.458. The molecule has 3 aromatic rings. The highest BCUT2D eigenvalue weighted by molar-refractivity contribution is 9.10. The van der Waals surface area contributed by atoms with E-state index in [0.29, 0.717) is 28.7 Å². The van der Waals surface area contributed by atoms with Crippen LogP contribution in [0.4, 0.5) is 24.0 Å². The Hall–Kier alpha value is -2.80. The Bertz CT molecular complexity index is 1330. The molecule has 0 radical (unpaired) electrons. The first-order chi connectivity index (χ1) is 17.6. The molecule has 4 heterocycles. The van der Waals surface area contributed by atoms with Crippen molar-refractivity contribution in [1.82, 2.24) is 9.78 Å². The van der Waals surface area contributed by atoms with Crippen LogP contribution in [0.3, 0.4) is 0 Å². The number of aromatic nitrogens is 2. The third-order valence-electron chi connectivity index (χ3n) is 6.62. The lowest BCUT2D eigenvalue weighted by atomic mass is 9.88. The zero-order chi connectivity index (χ0) is 26.5. The van der Waals surface area contributed by atoms with E-state index in [4.69, 9.17) is 9.15 Å². The molecule has 1 aliphatic heterocycles. The highest BCUT2D eigenvalue weighted by Gasteiger charge is 2.48. The van der Waals surface area contributed by atoms with Crippen LogP contribution in [-0.4, -0.2) is 34.4 Å². The first-order valence-corrected chi connectivity index (χ1v) is 13.5. The zero-order valence-electron chi connectivity index (χ0n) is 19.9. The smallest absolute Gasteiger partial charge is 0.410 e. The molecule has 3 aromatic heterocycles. The van der Waals surface area contributed by atoms with Gasteiger partial charge < -0.3 is 19.8 Å². The van der Waals surface area contributed by atoms with Gasteiger partial charge in [-0.25, -0.2) is 9.48 Å². The maximum absolute atomic E-state index is 14.0. The normalized spacial score (nSPS) is 21.1. The summed E-state index contributed by atoms with van der Waals surface area (Å²) >= 11 is 4.58. The van der Waals surface area contributed by atoms with E-state index in [1.807, 2.05) is 0 Å². The molecule has 1 amide bonds. The first kappa shape index (κ1) is 25.8. The van der Waals surface area contributed by atoms with Gasteiger partial charge >= 0.3 is 12.1 Å². The standard InChI is InChI=1S/C24H24BrF3N4O4S/c1-3-35-23(34)17-12-7-6-11(2)9-15(12)37-22(17)30-21(33)19-18(25)20-29-13(14-5-4-8-36-14)10-16(24(26,27)28)32(20)31-19/h4-5,8,11,13,16,29H,3,6-7,9-10H2,1-2H3,(H,30,33)/t11-,13+,16-/m0/s1. The van der Waals surface area contributed by atoms with Crippen LogP contribution in [0, 0.1) is 5.92 Å². The molecule has 198 valence electrons. The van der Waals surface area contributed by atoms with Crippen molar-refractivity contribution in [2.75, 3.05) is 17.2 Å². The average molecular weight is 601 g/mol. The SMILES string of the molecule is CCOC(=O)c1c(NC(=O)c2nn3c(c2Br)N[C@@H](c2ccco2)C[C@H]3C(F)(F)F)sc2c1CC[C@H](C)C2. The van der Waals surface area contributed by atoms with Crippen molar-refractivity contribution < 1.29 is 31.9 Å². The van der Waals surface area contributed by atoms with Gasteiger partial charge in [0.05, 0.1) is 28.9 Å². The predicted molar refractivity (Wildman–Crippen MR) is 134 cm³/mol. The van der Waals surface area contributed by atoms with Crippen molar-refractivity contribution in [3.05, 3.63) is 50.3 Å². The molecule has 0 fully saturated rings. The van der Waals surface area contributed by atoms with Crippen LogP contribution in [0.1, 0.15) is 75.8 Å². The number of carbonyl (C=O) groups is 2. The lowest BCUT2D eigenvalue weighted by Crippen LogP contribution is -2.35. The topological polar surface area (TPSA) is 98.4 Å². The van der Waals surface area contributed by atoms with Crippen molar-refractivity contribution in [3.63, 3.8) is 0 Å². The number of anilines is 2. The number of nitrogens with zero attached hydrogens (tertiary/aromatic N) is 2. The Labute approximate surface area is 222 Å². The Morgan fingerprint density at radius 1 is 1.41 bits per heavy atom. The molecule has 8 nitrogen and oxygen atoms in total. The molecule has 37 heavy (non-hydrogen) atoms. The summed E-state index contributed by atoms with van der Waals surface area (Å²) in [6, 6.07) is 0.457. The molecule has 0 saturated carbocycles. The van der Waals surface area contributed by atoms with Gasteiger partial charge in [-0.1, -0.05) is 6.92 Å². The largest absolute Gasteiger partial charge is 0.467 e. The zero-order valence-corrected chi connectivity index (χ0v) is 22.3. The van der Waals surface area contributed by atoms with Crippen LogP contribution in [0.15, 0.2) is 27.3 Å². The number of nitrogens with one attached hydrogen (secondary N) is 2. The van der Waals surface area contributed by atoms with E-state index < -0.39 is 30.1 Å². The molecular formula is C24H24BrF3N4O4S. The van der Waals surface area contributed by atoms with Crippen molar-refractivity contribution in [2.45, 2.75) is 57.8 Å². The lowest BCUT2D eigenvalue weighted by Gasteiger charge is -2.32. The molecule has 0 bridgehead atoms. The van der Waals surface area contributed by atoms with Crippen molar-refractivity contribution in [3.8, 4) is 0 Å². The minimum atomic E-state index is -4.61. The van der Waals surface area contributed by atoms with Gasteiger partial charge in [0.15, 0.2) is 11.7 Å². The van der Waals surface area contributed by atoms with Gasteiger partial charge in [0.1, 0.15) is 16.6 Å². The summed E-state index contributed by atoms with van der Waals surface area (Å²) in [5, 5.41) is 10.1. The Kier molecular flexibility index (Phi) is 6.86. The average Bonchev–Trinajstić information content (AvgIpc) is 3.55. The summed E-state index contributed by atoms with van der Waals surface area (Å²) in [6.45, 7) is 4.00. The number of alkyl halides is 3. The Morgan fingerprint density at radius 3 is 2.86 bits per heavy atom. The fourth-order valence-corrected chi connectivity index (χ4v) is 6.78. The van der Waals surface area contributed by atoms with E-state index in [2.05, 4.69) is 38.6 Å². The predicted octanol–water partition coefficient (Wildman–Crippen LogP) is 6.51. The van der Waals surface area contributed by atoms with Crippen LogP contribution >= 0.6 is 27.3 Å². The minimum absolute atomic E-state index is 0.0186. The molecule has 2 aliphatic rings. The highest BCUT2D eigenvalue weighted by atomic mass is 79.9. The number of amides is 1. The summed E-state index contributed by atoms with van der Waals surface area (Å²) in [7, 11) is 0. The third-order valence-corrected chi connectivity index (χ3v) is 8.54. The molecule has 3 atom stereocenters. The molecule has 13 heteroatoms. The summed E-state index contributed by atoms with van der Waals surface area (Å²) in [5.41, 5.74) is 0.943. The van der Waals surface area contributed by atoms with Crippen molar-refractivity contribution >= 4 is 50.0 Å². The van der Waals surface area contributed by atoms with Gasteiger partial charge in [0.2, 0.25) is 0 Å². The summed E-state index contributed by atoms with van der Waals surface area (Å²) in [6.07, 6.45) is -1.21. The molecule has 5 rings (SSSR count). The molecular weight excluding hydrogens is 577 g/mol. The monoisotopic (exact) mass is 600 g/mol. The van der Waals surface area contributed by atoms with E-state index in [9.17, 15) is 22.8 Å². The van der Waals surface area contributed by atoms with Crippen LogP contribution in [0.5, 0.6) is 0 Å². The molecule has 0 saturated heterocycles. The molecule has 1 aliphatic carbocycles. The number of halogens is 4. The minimum Gasteiger partial charge on any atom is -0.467 e. The number of carbonyl (C=O) groups excluding carboxylic acids is 2. The maximum Gasteiger partial charge on any atom is 0.410 e. The summed E-state index contributed by atoms with van der Waals surface area (Å²) in [4.78, 5) is 27.1. The second-order valence-electron chi connectivity index (χ2n) is 9.19. The maximum atomic E-state index is 14.0. The van der Waals surface area contributed by atoms with Gasteiger partial charge in [0.25, 0.3) is 5.91 Å². The number of furan rings is 1. The lowest BCUT2D eigenvalue weighted by molar-refractivity contribution is -0.174. The summed E-state index contributed by atoms with van der Waals surface area (Å²) in [5.74, 6) is -0.468. The van der Waals surface area contributed by atoms with Gasteiger partial charge in [-0.15, -0.1) is 11.3 Å². The van der Waals surface area contributed by atoms with Crippen LogP contribution < -0.4 is 10.6 Å². The van der Waals surface area contributed by atoms with Gasteiger partial charge in [-0.05, 0) is 65.7 Å². The number of fused-ring (bicyclic) bond motifs is 2. The van der Waals surface area contributed by atoms with Gasteiger partial charge in [-0.2, -0.15) is 18.3 Å². The number of rotatable bonds is 5. The molecule has 2 N–H and O–H groups in total. The summed E-state index contributed by atoms with van der Waals surface area (Å²) < 4.78 is 53.5. The van der Waals surface area contributed by atoms with Gasteiger partial charge in [-0.3, -0.25) is 4.79 Å². The number of hydrogen-bond donors (Lipinski definition) is 2. The van der Waals surface area contributed by atoms with Crippen LogP contribution in [-0.2, 0) is 17.6 Å². The van der Waals surface area contributed by atoms with E-state index in [0.717, 1.165) is 28.0 Å². The molecule has 0 unspecified atom stereocenters. The Balaban J connectivity index is 1.50. The number of thiophene rings is 1. The highest BCUT2D eigenvalue weighted by Crippen LogP contribution is 2.47. The van der Waals surface area contributed by atoms with Gasteiger partial charge in [0, 0.05) is 11.3 Å². The third kappa shape index (κ3) is 4.78. The second kappa shape index (κ2) is 9.82. The van der Waals surface area contributed by atoms with Crippen LogP contribution in [0.25, 0.3) is 0 Å². The van der Waals surface area contributed by atoms with E-state index in [1.54, 1.807) is 19.1 Å². The van der Waals surface area contributed by atoms with Crippen LogP contribution in [0.2, 0.25) is 0 Å². The number of hydrogen-bond acceptors (Lipinski definition) is 7. The fourth-order valence-electron chi connectivity index (χ4n) is 4.83.